The minimum Gasteiger partial charge on any atom is -0.493 e. The third-order valence-electron chi connectivity index (χ3n) is 4.19. The van der Waals surface area contributed by atoms with Gasteiger partial charge in [0.1, 0.15) is 5.03 Å². The van der Waals surface area contributed by atoms with Crippen molar-refractivity contribution < 1.29 is 14.3 Å². The molecule has 0 saturated heterocycles. The Morgan fingerprint density at radius 3 is 2.55 bits per heavy atom. The van der Waals surface area contributed by atoms with Gasteiger partial charge in [0, 0.05) is 22.1 Å². The lowest BCUT2D eigenvalue weighted by atomic mass is 10.1. The number of nitrogens with zero attached hydrogens (tertiary/aromatic N) is 1. The quantitative estimate of drug-likeness (QED) is 0.500. The van der Waals surface area contributed by atoms with Crippen molar-refractivity contribution in [1.82, 2.24) is 10.3 Å². The Kier molecular flexibility index (Phi) is 7.55. The highest BCUT2D eigenvalue weighted by Crippen LogP contribution is 2.30. The molecule has 1 amide bonds. The lowest BCUT2D eigenvalue weighted by Crippen LogP contribution is -2.26. The van der Waals surface area contributed by atoms with Crippen LogP contribution in [0.2, 0.25) is 0 Å². The first-order valence-electron chi connectivity index (χ1n) is 8.98. The molecule has 0 aliphatic heterocycles. The van der Waals surface area contributed by atoms with Gasteiger partial charge in [0.15, 0.2) is 11.5 Å². The van der Waals surface area contributed by atoms with Crippen LogP contribution in [0.25, 0.3) is 0 Å². The Balaban J connectivity index is 1.63. The molecule has 150 valence electrons. The van der Waals surface area contributed by atoms with Gasteiger partial charge in [0.25, 0.3) is 5.91 Å². The Bertz CT molecular complexity index is 980. The molecule has 1 N–H and O–H groups in total. The first-order valence-corrected chi connectivity index (χ1v) is 10.6. The average molecular weight is 473 g/mol. The summed E-state index contributed by atoms with van der Waals surface area (Å²) in [5, 5.41) is 3.66. The lowest BCUT2D eigenvalue weighted by molar-refractivity contribution is 0.0950. The summed E-state index contributed by atoms with van der Waals surface area (Å²) in [6, 6.07) is 17.2. The molecule has 0 radical (unpaired) electrons. The van der Waals surface area contributed by atoms with E-state index >= 15 is 0 Å². The SMILES string of the molecule is COc1ccc(CCNC(=O)c2cccnc2Sc2ccc(Br)cc2)cc1OC. The van der Waals surface area contributed by atoms with E-state index in [1.54, 1.807) is 32.5 Å². The van der Waals surface area contributed by atoms with Crippen LogP contribution in [-0.4, -0.2) is 31.7 Å². The van der Waals surface area contributed by atoms with E-state index in [0.29, 0.717) is 35.1 Å². The first-order chi connectivity index (χ1) is 14.1. The normalized spacial score (nSPS) is 10.4. The molecule has 5 nitrogen and oxygen atoms in total. The minimum atomic E-state index is -0.141. The van der Waals surface area contributed by atoms with Crippen LogP contribution in [0.4, 0.5) is 0 Å². The summed E-state index contributed by atoms with van der Waals surface area (Å²) >= 11 is 4.90. The van der Waals surface area contributed by atoms with Crippen LogP contribution >= 0.6 is 27.7 Å². The van der Waals surface area contributed by atoms with Crippen molar-refractivity contribution in [2.24, 2.45) is 0 Å². The number of carbonyl (C=O) groups is 1. The van der Waals surface area contributed by atoms with Crippen LogP contribution < -0.4 is 14.8 Å². The predicted molar refractivity (Wildman–Crippen MR) is 118 cm³/mol. The fourth-order valence-electron chi connectivity index (χ4n) is 2.71. The van der Waals surface area contributed by atoms with E-state index in [9.17, 15) is 4.79 Å². The van der Waals surface area contributed by atoms with Crippen LogP contribution in [0.1, 0.15) is 15.9 Å². The fraction of sp³-hybridized carbons (Fsp3) is 0.182. The molecule has 29 heavy (non-hydrogen) atoms. The highest BCUT2D eigenvalue weighted by Gasteiger charge is 2.13. The van der Waals surface area contributed by atoms with Crippen LogP contribution in [0.15, 0.2) is 75.2 Å². The maximum absolute atomic E-state index is 12.7. The maximum atomic E-state index is 12.7. The number of hydrogen-bond donors (Lipinski definition) is 1. The maximum Gasteiger partial charge on any atom is 0.254 e. The summed E-state index contributed by atoms with van der Waals surface area (Å²) in [6.07, 6.45) is 2.38. The molecule has 0 atom stereocenters. The van der Waals surface area contributed by atoms with Gasteiger partial charge in [-0.2, -0.15) is 0 Å². The smallest absolute Gasteiger partial charge is 0.254 e. The summed E-state index contributed by atoms with van der Waals surface area (Å²) in [5.41, 5.74) is 1.62. The van der Waals surface area contributed by atoms with Gasteiger partial charge in [-0.05, 0) is 60.5 Å². The molecule has 0 unspecified atom stereocenters. The van der Waals surface area contributed by atoms with E-state index in [2.05, 4.69) is 26.2 Å². The standard InChI is InChI=1S/C22H21BrN2O3S/c1-27-19-10-5-15(14-20(19)28-2)11-13-24-21(26)18-4-3-12-25-22(18)29-17-8-6-16(23)7-9-17/h3-10,12,14H,11,13H2,1-2H3,(H,24,26). The summed E-state index contributed by atoms with van der Waals surface area (Å²) in [4.78, 5) is 18.1. The van der Waals surface area contributed by atoms with Crippen molar-refractivity contribution in [2.75, 3.05) is 20.8 Å². The Labute approximate surface area is 183 Å². The summed E-state index contributed by atoms with van der Waals surface area (Å²) in [5.74, 6) is 1.22. The molecule has 1 aromatic heterocycles. The molecule has 0 spiro atoms. The van der Waals surface area contributed by atoms with E-state index in [-0.39, 0.29) is 5.91 Å². The zero-order valence-electron chi connectivity index (χ0n) is 16.1. The number of benzene rings is 2. The molecule has 0 bridgehead atoms. The van der Waals surface area contributed by atoms with E-state index in [0.717, 1.165) is 14.9 Å². The third kappa shape index (κ3) is 5.74. The average Bonchev–Trinajstić information content (AvgIpc) is 2.75. The molecule has 0 saturated carbocycles. The summed E-state index contributed by atoms with van der Waals surface area (Å²) in [7, 11) is 3.21. The zero-order valence-corrected chi connectivity index (χ0v) is 18.5. The Hall–Kier alpha value is -2.51. The topological polar surface area (TPSA) is 60.5 Å². The van der Waals surface area contributed by atoms with Crippen molar-refractivity contribution in [3.05, 3.63) is 76.4 Å². The number of carbonyl (C=O) groups excluding carboxylic acids is 1. The molecule has 2 aromatic carbocycles. The molecule has 0 aliphatic rings. The van der Waals surface area contributed by atoms with Gasteiger partial charge in [-0.3, -0.25) is 4.79 Å². The van der Waals surface area contributed by atoms with E-state index in [1.807, 2.05) is 42.5 Å². The number of methoxy groups -OCH3 is 2. The first kappa shape index (κ1) is 21.2. The van der Waals surface area contributed by atoms with Crippen molar-refractivity contribution in [1.29, 1.82) is 0 Å². The fourth-order valence-corrected chi connectivity index (χ4v) is 3.85. The minimum absolute atomic E-state index is 0.141. The van der Waals surface area contributed by atoms with Crippen LogP contribution in [0.5, 0.6) is 11.5 Å². The van der Waals surface area contributed by atoms with Crippen LogP contribution in [0.3, 0.4) is 0 Å². The van der Waals surface area contributed by atoms with Crippen LogP contribution in [-0.2, 0) is 6.42 Å². The molecule has 3 aromatic rings. The van der Waals surface area contributed by atoms with E-state index in [4.69, 9.17) is 9.47 Å². The molecular formula is C22H21BrN2O3S. The summed E-state index contributed by atoms with van der Waals surface area (Å²) in [6.45, 7) is 0.506. The van der Waals surface area contributed by atoms with Gasteiger partial charge in [0.05, 0.1) is 19.8 Å². The monoisotopic (exact) mass is 472 g/mol. The third-order valence-corrected chi connectivity index (χ3v) is 5.75. The molecule has 0 aliphatic carbocycles. The molecule has 7 heteroatoms. The lowest BCUT2D eigenvalue weighted by Gasteiger charge is -2.11. The van der Waals surface area contributed by atoms with Crippen molar-refractivity contribution in [2.45, 2.75) is 16.3 Å². The number of aromatic nitrogens is 1. The number of halogens is 1. The van der Waals surface area contributed by atoms with Gasteiger partial charge in [-0.1, -0.05) is 33.8 Å². The van der Waals surface area contributed by atoms with Crippen molar-refractivity contribution in [3.8, 4) is 11.5 Å². The van der Waals surface area contributed by atoms with Crippen molar-refractivity contribution in [3.63, 3.8) is 0 Å². The predicted octanol–water partition coefficient (Wildman–Crippen LogP) is 4.99. The molecule has 0 fully saturated rings. The second-order valence-electron chi connectivity index (χ2n) is 6.11. The number of rotatable bonds is 8. The van der Waals surface area contributed by atoms with Gasteiger partial charge in [-0.15, -0.1) is 0 Å². The number of pyridine rings is 1. The number of ether oxygens (including phenoxy) is 2. The zero-order chi connectivity index (χ0) is 20.6. The van der Waals surface area contributed by atoms with Gasteiger partial charge < -0.3 is 14.8 Å². The van der Waals surface area contributed by atoms with Gasteiger partial charge in [-0.25, -0.2) is 4.98 Å². The largest absolute Gasteiger partial charge is 0.493 e. The Morgan fingerprint density at radius 1 is 1.07 bits per heavy atom. The number of nitrogens with one attached hydrogen (secondary N) is 1. The van der Waals surface area contributed by atoms with E-state index in [1.165, 1.54) is 11.8 Å². The number of hydrogen-bond acceptors (Lipinski definition) is 5. The highest BCUT2D eigenvalue weighted by molar-refractivity contribution is 9.10. The summed E-state index contributed by atoms with van der Waals surface area (Å²) < 4.78 is 11.6. The molecular weight excluding hydrogens is 452 g/mol. The molecule has 3 rings (SSSR count). The highest BCUT2D eigenvalue weighted by atomic mass is 79.9. The molecule has 1 heterocycles. The van der Waals surface area contributed by atoms with Crippen molar-refractivity contribution >= 4 is 33.6 Å². The second kappa shape index (κ2) is 10.3. The second-order valence-corrected chi connectivity index (χ2v) is 8.09. The van der Waals surface area contributed by atoms with E-state index < -0.39 is 0 Å². The number of amides is 1. The Morgan fingerprint density at radius 2 is 1.83 bits per heavy atom. The van der Waals surface area contributed by atoms with Gasteiger partial charge >= 0.3 is 0 Å². The van der Waals surface area contributed by atoms with Crippen LogP contribution in [0, 0.1) is 0 Å². The van der Waals surface area contributed by atoms with Gasteiger partial charge in [0.2, 0.25) is 0 Å².